The van der Waals surface area contributed by atoms with Gasteiger partial charge in [0, 0.05) is 37.0 Å². The minimum absolute atomic E-state index is 0.193. The Labute approximate surface area is 156 Å². The van der Waals surface area contributed by atoms with Crippen molar-refractivity contribution in [1.29, 1.82) is 0 Å². The number of hydrogen-bond acceptors (Lipinski definition) is 3. The highest BCUT2D eigenvalue weighted by atomic mass is 35.5. The Morgan fingerprint density at radius 3 is 2.69 bits per heavy atom. The molecule has 8 heteroatoms. The van der Waals surface area contributed by atoms with Gasteiger partial charge in [-0.05, 0) is 19.4 Å². The standard InChI is InChI=1S/C18H21ClN4O3/c1-3-20-17(25)14-8-11(9-23(14)10(2)24)21-18(26)16-15(19)12-6-4-5-7-13(12)22-16/h4-7,11,14,22H,3,8-9H2,1-2H3,(H,20,25)(H,21,26). The maximum atomic E-state index is 12.6. The number of carbonyl (C=O) groups excluding carboxylic acids is 3. The van der Waals surface area contributed by atoms with Gasteiger partial charge in [0.05, 0.1) is 5.02 Å². The molecule has 7 nitrogen and oxygen atoms in total. The van der Waals surface area contributed by atoms with Gasteiger partial charge in [-0.1, -0.05) is 29.8 Å². The quantitative estimate of drug-likeness (QED) is 0.757. The van der Waals surface area contributed by atoms with Crippen LogP contribution in [0.2, 0.25) is 5.02 Å². The summed E-state index contributed by atoms with van der Waals surface area (Å²) in [6.07, 6.45) is 0.370. The second-order valence-corrected chi connectivity index (χ2v) is 6.73. The summed E-state index contributed by atoms with van der Waals surface area (Å²) in [5, 5.41) is 6.75. The lowest BCUT2D eigenvalue weighted by atomic mass is 10.1. The Balaban J connectivity index is 1.75. The summed E-state index contributed by atoms with van der Waals surface area (Å²) in [6.45, 7) is 4.02. The predicted molar refractivity (Wildman–Crippen MR) is 99.0 cm³/mol. The van der Waals surface area contributed by atoms with E-state index in [1.54, 1.807) is 0 Å². The summed E-state index contributed by atoms with van der Waals surface area (Å²) in [5.74, 6) is -0.749. The smallest absolute Gasteiger partial charge is 0.269 e. The fourth-order valence-corrected chi connectivity index (χ4v) is 3.65. The van der Waals surface area contributed by atoms with Crippen LogP contribution in [0, 0.1) is 0 Å². The third-order valence-corrected chi connectivity index (χ3v) is 4.96. The SMILES string of the molecule is CCNC(=O)C1CC(NC(=O)c2[nH]c3ccccc3c2Cl)CN1C(C)=O. The van der Waals surface area contributed by atoms with E-state index in [1.165, 1.54) is 11.8 Å². The van der Waals surface area contributed by atoms with Crippen molar-refractivity contribution in [3.8, 4) is 0 Å². The number of hydrogen-bond donors (Lipinski definition) is 3. The van der Waals surface area contributed by atoms with Gasteiger partial charge in [-0.15, -0.1) is 0 Å². The number of likely N-dealkylation sites (tertiary alicyclic amines) is 1. The summed E-state index contributed by atoms with van der Waals surface area (Å²) >= 11 is 6.32. The minimum Gasteiger partial charge on any atom is -0.355 e. The number of fused-ring (bicyclic) bond motifs is 1. The number of rotatable bonds is 4. The Bertz CT molecular complexity index is 863. The predicted octanol–water partition coefficient (Wildman–Crippen LogP) is 1.68. The van der Waals surface area contributed by atoms with Crippen molar-refractivity contribution < 1.29 is 14.4 Å². The van der Waals surface area contributed by atoms with E-state index in [0.717, 1.165) is 10.9 Å². The highest BCUT2D eigenvalue weighted by molar-refractivity contribution is 6.38. The zero-order valence-corrected chi connectivity index (χ0v) is 15.4. The molecule has 2 heterocycles. The van der Waals surface area contributed by atoms with Gasteiger partial charge < -0.3 is 20.5 Å². The maximum Gasteiger partial charge on any atom is 0.269 e. The molecule has 1 saturated heterocycles. The molecule has 0 bridgehead atoms. The molecule has 1 aliphatic rings. The van der Waals surface area contributed by atoms with E-state index in [-0.39, 0.29) is 29.5 Å². The van der Waals surface area contributed by atoms with Gasteiger partial charge >= 0.3 is 0 Å². The van der Waals surface area contributed by atoms with E-state index in [4.69, 9.17) is 11.6 Å². The molecule has 3 rings (SSSR count). The van der Waals surface area contributed by atoms with Gasteiger partial charge in [-0.25, -0.2) is 0 Å². The Morgan fingerprint density at radius 2 is 2.04 bits per heavy atom. The number of amides is 3. The number of H-pyrrole nitrogens is 1. The number of para-hydroxylation sites is 1. The third-order valence-electron chi connectivity index (χ3n) is 4.56. The fraction of sp³-hybridized carbons (Fsp3) is 0.389. The van der Waals surface area contributed by atoms with Crippen LogP contribution in [0.5, 0.6) is 0 Å². The van der Waals surface area contributed by atoms with Gasteiger partial charge in [0.15, 0.2) is 0 Å². The van der Waals surface area contributed by atoms with Crippen molar-refractivity contribution in [2.75, 3.05) is 13.1 Å². The number of nitrogens with zero attached hydrogens (tertiary/aromatic N) is 1. The Morgan fingerprint density at radius 1 is 1.31 bits per heavy atom. The van der Waals surface area contributed by atoms with E-state index in [1.807, 2.05) is 31.2 Å². The van der Waals surface area contributed by atoms with Gasteiger partial charge in [0.2, 0.25) is 11.8 Å². The summed E-state index contributed by atoms with van der Waals surface area (Å²) in [5.41, 5.74) is 1.06. The summed E-state index contributed by atoms with van der Waals surface area (Å²) in [4.78, 5) is 41.2. The molecule has 0 saturated carbocycles. The van der Waals surface area contributed by atoms with Crippen molar-refractivity contribution in [3.05, 3.63) is 35.0 Å². The first-order chi connectivity index (χ1) is 12.4. The topological polar surface area (TPSA) is 94.3 Å². The van der Waals surface area contributed by atoms with Crippen LogP contribution in [0.15, 0.2) is 24.3 Å². The molecule has 3 amide bonds. The average Bonchev–Trinajstić information content (AvgIpc) is 3.17. The second kappa shape index (κ2) is 7.37. The molecule has 1 aromatic heterocycles. The van der Waals surface area contributed by atoms with Crippen molar-refractivity contribution in [3.63, 3.8) is 0 Å². The molecule has 0 aliphatic carbocycles. The molecule has 1 aliphatic heterocycles. The molecule has 1 aromatic carbocycles. The normalized spacial score (nSPS) is 19.6. The lowest BCUT2D eigenvalue weighted by molar-refractivity contribution is -0.136. The number of halogens is 1. The van der Waals surface area contributed by atoms with Gasteiger partial charge in [0.1, 0.15) is 11.7 Å². The summed E-state index contributed by atoms with van der Waals surface area (Å²) in [7, 11) is 0. The van der Waals surface area contributed by atoms with Crippen LogP contribution in [0.25, 0.3) is 10.9 Å². The van der Waals surface area contributed by atoms with Gasteiger partial charge in [0.25, 0.3) is 5.91 Å². The lowest BCUT2D eigenvalue weighted by Gasteiger charge is -2.21. The van der Waals surface area contributed by atoms with Gasteiger partial charge in [-0.2, -0.15) is 0 Å². The first kappa shape index (κ1) is 18.3. The van der Waals surface area contributed by atoms with E-state index in [2.05, 4.69) is 15.6 Å². The number of benzene rings is 1. The lowest BCUT2D eigenvalue weighted by Crippen LogP contribution is -2.45. The molecule has 1 fully saturated rings. The van der Waals surface area contributed by atoms with Crippen LogP contribution < -0.4 is 10.6 Å². The van der Waals surface area contributed by atoms with Crippen LogP contribution in [-0.4, -0.2) is 52.8 Å². The minimum atomic E-state index is -0.573. The summed E-state index contributed by atoms with van der Waals surface area (Å²) < 4.78 is 0. The molecule has 26 heavy (non-hydrogen) atoms. The van der Waals surface area contributed by atoms with Gasteiger partial charge in [-0.3, -0.25) is 14.4 Å². The van der Waals surface area contributed by atoms with E-state index >= 15 is 0 Å². The number of nitrogens with one attached hydrogen (secondary N) is 3. The largest absolute Gasteiger partial charge is 0.355 e. The van der Waals surface area contributed by atoms with Crippen molar-refractivity contribution in [1.82, 2.24) is 20.5 Å². The van der Waals surface area contributed by atoms with Crippen molar-refractivity contribution in [2.24, 2.45) is 0 Å². The average molecular weight is 377 g/mol. The third kappa shape index (κ3) is 3.39. The van der Waals surface area contributed by atoms with Crippen LogP contribution >= 0.6 is 11.6 Å². The summed E-state index contributed by atoms with van der Waals surface area (Å²) in [6, 6.07) is 6.49. The number of aromatic amines is 1. The van der Waals surface area contributed by atoms with Crippen LogP contribution in [0.3, 0.4) is 0 Å². The zero-order valence-electron chi connectivity index (χ0n) is 14.6. The molecular weight excluding hydrogens is 356 g/mol. The second-order valence-electron chi connectivity index (χ2n) is 6.35. The molecule has 0 spiro atoms. The maximum absolute atomic E-state index is 12.6. The highest BCUT2D eigenvalue weighted by Crippen LogP contribution is 2.27. The number of likely N-dealkylation sites (N-methyl/N-ethyl adjacent to an activating group) is 1. The molecule has 2 aromatic rings. The monoisotopic (exact) mass is 376 g/mol. The highest BCUT2D eigenvalue weighted by Gasteiger charge is 2.39. The number of aromatic nitrogens is 1. The van der Waals surface area contributed by atoms with E-state index in [0.29, 0.717) is 24.5 Å². The molecule has 138 valence electrons. The van der Waals surface area contributed by atoms with Crippen molar-refractivity contribution in [2.45, 2.75) is 32.4 Å². The van der Waals surface area contributed by atoms with Crippen LogP contribution in [0.1, 0.15) is 30.8 Å². The van der Waals surface area contributed by atoms with E-state index < -0.39 is 6.04 Å². The molecule has 0 radical (unpaired) electrons. The van der Waals surface area contributed by atoms with Crippen LogP contribution in [0.4, 0.5) is 0 Å². The fourth-order valence-electron chi connectivity index (χ4n) is 3.35. The molecular formula is C18H21ClN4O3. The zero-order chi connectivity index (χ0) is 18.8. The van der Waals surface area contributed by atoms with Crippen LogP contribution in [-0.2, 0) is 9.59 Å². The first-order valence-electron chi connectivity index (χ1n) is 8.54. The molecule has 2 unspecified atom stereocenters. The first-order valence-corrected chi connectivity index (χ1v) is 8.92. The number of carbonyl (C=O) groups is 3. The molecule has 2 atom stereocenters. The van der Waals surface area contributed by atoms with E-state index in [9.17, 15) is 14.4 Å². The molecule has 3 N–H and O–H groups in total. The Kier molecular flexibility index (Phi) is 5.18. The van der Waals surface area contributed by atoms with Crippen molar-refractivity contribution >= 4 is 40.2 Å². The Hall–Kier alpha value is -2.54.